The molecule has 0 fully saturated rings. The average molecular weight is 312 g/mol. The fourth-order valence-corrected chi connectivity index (χ4v) is 1.97. The first kappa shape index (κ1) is 17.2. The van der Waals surface area contributed by atoms with Crippen LogP contribution in [0, 0.1) is 0 Å². The molecule has 0 atom stereocenters. The zero-order valence-electron chi connectivity index (χ0n) is 12.0. The van der Waals surface area contributed by atoms with Gasteiger partial charge in [-0.05, 0) is 30.2 Å². The summed E-state index contributed by atoms with van der Waals surface area (Å²) in [6, 6.07) is 4.79. The summed E-state index contributed by atoms with van der Waals surface area (Å²) in [5.74, 6) is -1.19. The molecule has 114 valence electrons. The summed E-state index contributed by atoms with van der Waals surface area (Å²) >= 11 is 6.05. The Kier molecular flexibility index (Phi) is 6.91. The van der Waals surface area contributed by atoms with Gasteiger partial charge in [0.1, 0.15) is 0 Å². The van der Waals surface area contributed by atoms with Crippen molar-refractivity contribution in [3.63, 3.8) is 0 Å². The van der Waals surface area contributed by atoms with Gasteiger partial charge in [-0.1, -0.05) is 17.7 Å². The van der Waals surface area contributed by atoms with Crippen LogP contribution in [0.5, 0.6) is 0 Å². The Morgan fingerprint density at radius 3 is 2.71 bits per heavy atom. The monoisotopic (exact) mass is 311 g/mol. The molecule has 0 aromatic heterocycles. The summed E-state index contributed by atoms with van der Waals surface area (Å²) < 4.78 is 4.94. The molecule has 0 aliphatic rings. The van der Waals surface area contributed by atoms with Gasteiger partial charge in [0, 0.05) is 44.0 Å². The molecule has 0 saturated carbocycles. The quantitative estimate of drug-likeness (QED) is 0.621. The van der Waals surface area contributed by atoms with E-state index in [1.807, 2.05) is 0 Å². The molecular weight excluding hydrogens is 294 g/mol. The third kappa shape index (κ3) is 5.57. The number of hydrogen-bond donors (Lipinski definition) is 1. The lowest BCUT2D eigenvalue weighted by atomic mass is 10.1. The van der Waals surface area contributed by atoms with Gasteiger partial charge in [0.2, 0.25) is 0 Å². The molecule has 0 aliphatic heterocycles. The van der Waals surface area contributed by atoms with Crippen molar-refractivity contribution in [2.24, 2.45) is 0 Å². The lowest BCUT2D eigenvalue weighted by Gasteiger charge is -2.17. The van der Waals surface area contributed by atoms with Gasteiger partial charge in [0.25, 0.3) is 5.91 Å². The zero-order chi connectivity index (χ0) is 15.8. The summed E-state index contributed by atoms with van der Waals surface area (Å²) in [6.07, 6.45) is 3.15. The summed E-state index contributed by atoms with van der Waals surface area (Å²) in [4.78, 5) is 24.3. The predicted octanol–water partition coefficient (Wildman–Crippen LogP) is 2.55. The number of hydrogen-bond acceptors (Lipinski definition) is 3. The first-order valence-electron chi connectivity index (χ1n) is 6.40. The van der Waals surface area contributed by atoms with E-state index in [0.717, 1.165) is 12.5 Å². The smallest absolute Gasteiger partial charge is 0.328 e. The number of aliphatic carboxylic acids is 1. The van der Waals surface area contributed by atoms with E-state index in [0.29, 0.717) is 29.3 Å². The highest BCUT2D eigenvalue weighted by Crippen LogP contribution is 2.20. The van der Waals surface area contributed by atoms with E-state index in [4.69, 9.17) is 21.4 Å². The van der Waals surface area contributed by atoms with Crippen molar-refractivity contribution in [3.05, 3.63) is 40.4 Å². The van der Waals surface area contributed by atoms with E-state index in [1.165, 1.54) is 12.1 Å². The van der Waals surface area contributed by atoms with Crippen LogP contribution in [0.25, 0.3) is 6.08 Å². The molecule has 6 heteroatoms. The Morgan fingerprint density at radius 1 is 1.43 bits per heavy atom. The number of carbonyl (C=O) groups is 2. The maximum atomic E-state index is 12.2. The van der Waals surface area contributed by atoms with Crippen LogP contribution in [0.4, 0.5) is 0 Å². The number of rotatable bonds is 7. The molecule has 5 nitrogen and oxygen atoms in total. The Bertz CT molecular complexity index is 542. The lowest BCUT2D eigenvalue weighted by molar-refractivity contribution is -0.131. The van der Waals surface area contributed by atoms with Gasteiger partial charge in [-0.25, -0.2) is 4.79 Å². The van der Waals surface area contributed by atoms with E-state index in [-0.39, 0.29) is 5.91 Å². The van der Waals surface area contributed by atoms with Crippen molar-refractivity contribution in [3.8, 4) is 0 Å². The van der Waals surface area contributed by atoms with E-state index >= 15 is 0 Å². The van der Waals surface area contributed by atoms with Crippen LogP contribution in [0.1, 0.15) is 22.3 Å². The minimum Gasteiger partial charge on any atom is -0.478 e. The van der Waals surface area contributed by atoms with Crippen molar-refractivity contribution in [2.75, 3.05) is 27.3 Å². The second-order valence-electron chi connectivity index (χ2n) is 4.48. The fraction of sp³-hybridized carbons (Fsp3) is 0.333. The van der Waals surface area contributed by atoms with Crippen LogP contribution in [0.3, 0.4) is 0 Å². The van der Waals surface area contributed by atoms with Gasteiger partial charge in [-0.2, -0.15) is 0 Å². The third-order valence-corrected chi connectivity index (χ3v) is 3.17. The molecule has 0 spiro atoms. The molecule has 0 bridgehead atoms. The van der Waals surface area contributed by atoms with Crippen LogP contribution in [0.2, 0.25) is 5.02 Å². The number of benzene rings is 1. The van der Waals surface area contributed by atoms with Gasteiger partial charge in [-0.3, -0.25) is 4.79 Å². The van der Waals surface area contributed by atoms with E-state index in [9.17, 15) is 9.59 Å². The number of carbonyl (C=O) groups excluding carboxylic acids is 1. The van der Waals surface area contributed by atoms with Crippen LogP contribution < -0.4 is 0 Å². The average Bonchev–Trinajstić information content (AvgIpc) is 2.45. The molecule has 0 aliphatic carbocycles. The Morgan fingerprint density at radius 2 is 2.14 bits per heavy atom. The molecule has 0 saturated heterocycles. The van der Waals surface area contributed by atoms with Gasteiger partial charge < -0.3 is 14.7 Å². The SMILES string of the molecule is COCCCN(C)C(=O)c1ccc(/C=C/C(=O)O)c(Cl)c1. The molecule has 0 unspecified atom stereocenters. The summed E-state index contributed by atoms with van der Waals surface area (Å²) in [5.41, 5.74) is 1.02. The van der Waals surface area contributed by atoms with E-state index in [1.54, 1.807) is 31.2 Å². The maximum absolute atomic E-state index is 12.2. The molecule has 1 rings (SSSR count). The van der Waals surface area contributed by atoms with Gasteiger partial charge in [0.15, 0.2) is 0 Å². The van der Waals surface area contributed by atoms with Crippen LogP contribution in [-0.2, 0) is 9.53 Å². The summed E-state index contributed by atoms with van der Waals surface area (Å²) in [7, 11) is 3.33. The molecule has 1 aromatic carbocycles. The van der Waals surface area contributed by atoms with Crippen molar-refractivity contribution < 1.29 is 19.4 Å². The number of carboxylic acids is 1. The number of nitrogens with zero attached hydrogens (tertiary/aromatic N) is 1. The van der Waals surface area contributed by atoms with Crippen LogP contribution >= 0.6 is 11.6 Å². The molecule has 1 amide bonds. The van der Waals surface area contributed by atoms with Crippen LogP contribution in [0.15, 0.2) is 24.3 Å². The van der Waals surface area contributed by atoms with Gasteiger partial charge >= 0.3 is 5.97 Å². The van der Waals surface area contributed by atoms with Crippen LogP contribution in [-0.4, -0.2) is 49.2 Å². The number of ether oxygens (including phenoxy) is 1. The van der Waals surface area contributed by atoms with Gasteiger partial charge in [0.05, 0.1) is 0 Å². The first-order valence-corrected chi connectivity index (χ1v) is 6.78. The second kappa shape index (κ2) is 8.44. The zero-order valence-corrected chi connectivity index (χ0v) is 12.8. The molecule has 1 N–H and O–H groups in total. The minimum atomic E-state index is -1.05. The number of methoxy groups -OCH3 is 1. The topological polar surface area (TPSA) is 66.8 Å². The normalized spacial score (nSPS) is 10.8. The Hall–Kier alpha value is -1.85. The Labute approximate surface area is 128 Å². The van der Waals surface area contributed by atoms with Crippen molar-refractivity contribution in [2.45, 2.75) is 6.42 Å². The molecular formula is C15H18ClNO4. The third-order valence-electron chi connectivity index (χ3n) is 2.84. The minimum absolute atomic E-state index is 0.137. The largest absolute Gasteiger partial charge is 0.478 e. The molecule has 0 heterocycles. The highest BCUT2D eigenvalue weighted by Gasteiger charge is 2.12. The highest BCUT2D eigenvalue weighted by atomic mass is 35.5. The lowest BCUT2D eigenvalue weighted by Crippen LogP contribution is -2.28. The Balaban J connectivity index is 2.78. The highest BCUT2D eigenvalue weighted by molar-refractivity contribution is 6.32. The van der Waals surface area contributed by atoms with Crippen molar-refractivity contribution in [1.29, 1.82) is 0 Å². The number of halogens is 1. The molecule has 21 heavy (non-hydrogen) atoms. The standard InChI is InChI=1S/C15H18ClNO4/c1-17(8-3-9-21-2)15(20)12-5-4-11(13(16)10-12)6-7-14(18)19/h4-7,10H,3,8-9H2,1-2H3,(H,18,19)/b7-6+. The van der Waals surface area contributed by atoms with Crippen molar-refractivity contribution in [1.82, 2.24) is 4.90 Å². The predicted molar refractivity (Wildman–Crippen MR) is 81.6 cm³/mol. The summed E-state index contributed by atoms with van der Waals surface area (Å²) in [5, 5.41) is 8.92. The molecule has 0 radical (unpaired) electrons. The van der Waals surface area contributed by atoms with E-state index < -0.39 is 5.97 Å². The first-order chi connectivity index (χ1) is 9.95. The van der Waals surface area contributed by atoms with E-state index in [2.05, 4.69) is 0 Å². The number of amides is 1. The fourth-order valence-electron chi connectivity index (χ4n) is 1.72. The van der Waals surface area contributed by atoms with Crippen molar-refractivity contribution >= 4 is 29.6 Å². The summed E-state index contributed by atoms with van der Waals surface area (Å²) in [6.45, 7) is 1.18. The van der Waals surface area contributed by atoms with Gasteiger partial charge in [-0.15, -0.1) is 0 Å². The maximum Gasteiger partial charge on any atom is 0.328 e. The second-order valence-corrected chi connectivity index (χ2v) is 4.89. The molecule has 1 aromatic rings. The number of carboxylic acid groups (broad SMARTS) is 1.